The van der Waals surface area contributed by atoms with E-state index in [1.807, 2.05) is 0 Å². The Labute approximate surface area is 133 Å². The highest BCUT2D eigenvalue weighted by molar-refractivity contribution is 9.10. The fourth-order valence-electron chi connectivity index (χ4n) is 1.81. The van der Waals surface area contributed by atoms with Crippen molar-refractivity contribution in [3.8, 4) is 0 Å². The summed E-state index contributed by atoms with van der Waals surface area (Å²) in [6, 6.07) is 4.49. The molecule has 1 aliphatic rings. The first kappa shape index (κ1) is 16.7. The second-order valence-electron chi connectivity index (χ2n) is 5.13. The van der Waals surface area contributed by atoms with Gasteiger partial charge in [-0.05, 0) is 59.9 Å². The average Bonchev–Trinajstić information content (AvgIpc) is 3.22. The van der Waals surface area contributed by atoms with Crippen LogP contribution in [0.3, 0.4) is 0 Å². The zero-order chi connectivity index (χ0) is 15.5. The van der Waals surface area contributed by atoms with Crippen LogP contribution < -0.4 is 10.0 Å². The topological polar surface area (TPSA) is 61.4 Å². The van der Waals surface area contributed by atoms with Gasteiger partial charge in [0.05, 0.1) is 5.69 Å². The zero-order valence-electron chi connectivity index (χ0n) is 11.8. The predicted molar refractivity (Wildman–Crippen MR) is 84.9 cm³/mol. The lowest BCUT2D eigenvalue weighted by Gasteiger charge is -2.19. The largest absolute Gasteiger partial charge is 0.314 e. The van der Waals surface area contributed by atoms with Crippen LogP contribution >= 0.6 is 15.9 Å². The summed E-state index contributed by atoms with van der Waals surface area (Å²) in [5.41, 5.74) is 0.193. The van der Waals surface area contributed by atoms with Gasteiger partial charge in [-0.2, -0.15) is 12.7 Å². The molecule has 1 aromatic rings. The number of anilines is 1. The van der Waals surface area contributed by atoms with Gasteiger partial charge in [-0.15, -0.1) is 0 Å². The molecule has 0 aliphatic heterocycles. The number of halogens is 2. The minimum absolute atomic E-state index is 0.193. The van der Waals surface area contributed by atoms with Crippen molar-refractivity contribution >= 4 is 31.8 Å². The Hall–Kier alpha value is -0.700. The Balaban J connectivity index is 1.88. The minimum atomic E-state index is -3.68. The van der Waals surface area contributed by atoms with Crippen LogP contribution in [0.25, 0.3) is 0 Å². The molecule has 0 heterocycles. The van der Waals surface area contributed by atoms with E-state index in [9.17, 15) is 12.8 Å². The minimum Gasteiger partial charge on any atom is -0.314 e. The Bertz CT molecular complexity index is 593. The number of nitrogens with one attached hydrogen (secondary N) is 2. The summed E-state index contributed by atoms with van der Waals surface area (Å²) in [7, 11) is -2.17. The Morgan fingerprint density at radius 1 is 1.43 bits per heavy atom. The summed E-state index contributed by atoms with van der Waals surface area (Å²) in [6.45, 7) is 1.20. The van der Waals surface area contributed by atoms with Crippen LogP contribution in [-0.4, -0.2) is 38.9 Å². The molecule has 0 spiro atoms. The molecule has 118 valence electrons. The van der Waals surface area contributed by atoms with Crippen LogP contribution in [0.2, 0.25) is 0 Å². The maximum absolute atomic E-state index is 13.2. The van der Waals surface area contributed by atoms with Crippen molar-refractivity contribution in [3.63, 3.8) is 0 Å². The SMILES string of the molecule is CN(CCCNC1CC1)S(=O)(=O)Nc1cc(F)ccc1Br. The lowest BCUT2D eigenvalue weighted by atomic mass is 10.3. The van der Waals surface area contributed by atoms with Gasteiger partial charge in [0, 0.05) is 24.1 Å². The molecule has 2 N–H and O–H groups in total. The lowest BCUT2D eigenvalue weighted by molar-refractivity contribution is 0.457. The molecule has 1 aliphatic carbocycles. The van der Waals surface area contributed by atoms with Gasteiger partial charge < -0.3 is 5.32 Å². The second-order valence-corrected chi connectivity index (χ2v) is 7.77. The molecular weight excluding hydrogens is 361 g/mol. The second kappa shape index (κ2) is 7.04. The van der Waals surface area contributed by atoms with Gasteiger partial charge in [0.15, 0.2) is 0 Å². The summed E-state index contributed by atoms with van der Waals surface area (Å²) in [4.78, 5) is 0. The van der Waals surface area contributed by atoms with Gasteiger partial charge in [-0.25, -0.2) is 4.39 Å². The lowest BCUT2D eigenvalue weighted by Crippen LogP contribution is -2.34. The van der Waals surface area contributed by atoms with Crippen LogP contribution in [0, 0.1) is 5.82 Å². The predicted octanol–water partition coefficient (Wildman–Crippen LogP) is 2.32. The number of hydrogen-bond donors (Lipinski definition) is 2. The molecule has 8 heteroatoms. The van der Waals surface area contributed by atoms with Crippen molar-refractivity contribution in [2.24, 2.45) is 0 Å². The van der Waals surface area contributed by atoms with E-state index in [0.717, 1.165) is 19.0 Å². The maximum Gasteiger partial charge on any atom is 0.301 e. The van der Waals surface area contributed by atoms with Crippen LogP contribution in [0.4, 0.5) is 10.1 Å². The molecule has 21 heavy (non-hydrogen) atoms. The fraction of sp³-hybridized carbons (Fsp3) is 0.538. The molecule has 5 nitrogen and oxygen atoms in total. The highest BCUT2D eigenvalue weighted by atomic mass is 79.9. The molecule has 1 saturated carbocycles. The number of benzene rings is 1. The molecule has 0 radical (unpaired) electrons. The number of nitrogens with zero attached hydrogens (tertiary/aromatic N) is 1. The molecule has 0 bridgehead atoms. The third-order valence-corrected chi connectivity index (χ3v) is 5.41. The van der Waals surface area contributed by atoms with Crippen LogP contribution in [0.15, 0.2) is 22.7 Å². The monoisotopic (exact) mass is 379 g/mol. The highest BCUT2D eigenvalue weighted by Crippen LogP contribution is 2.24. The Kier molecular flexibility index (Phi) is 5.59. The van der Waals surface area contributed by atoms with E-state index in [0.29, 0.717) is 17.1 Å². The third-order valence-electron chi connectivity index (χ3n) is 3.24. The van der Waals surface area contributed by atoms with Crippen LogP contribution in [-0.2, 0) is 10.2 Å². The van der Waals surface area contributed by atoms with Crippen molar-refractivity contribution in [2.75, 3.05) is 24.9 Å². The molecule has 0 amide bonds. The number of hydrogen-bond acceptors (Lipinski definition) is 3. The van der Waals surface area contributed by atoms with Crippen molar-refractivity contribution in [3.05, 3.63) is 28.5 Å². The number of rotatable bonds is 8. The average molecular weight is 380 g/mol. The first-order chi connectivity index (χ1) is 9.88. The van der Waals surface area contributed by atoms with Gasteiger partial charge in [0.25, 0.3) is 0 Å². The van der Waals surface area contributed by atoms with Crippen LogP contribution in [0.5, 0.6) is 0 Å². The first-order valence-electron chi connectivity index (χ1n) is 6.81. The molecular formula is C13H19BrFN3O2S. The molecule has 0 aromatic heterocycles. The van der Waals surface area contributed by atoms with E-state index in [4.69, 9.17) is 0 Å². The fourth-order valence-corrected chi connectivity index (χ4v) is 3.26. The van der Waals surface area contributed by atoms with Gasteiger partial charge in [-0.1, -0.05) is 0 Å². The van der Waals surface area contributed by atoms with E-state index in [1.165, 1.54) is 36.3 Å². The molecule has 1 fully saturated rings. The van der Waals surface area contributed by atoms with E-state index in [-0.39, 0.29) is 5.69 Å². The Morgan fingerprint density at radius 3 is 2.81 bits per heavy atom. The standard InChI is InChI=1S/C13H19BrFN3O2S/c1-18(8-2-7-16-11-4-5-11)21(19,20)17-13-9-10(15)3-6-12(13)14/h3,6,9,11,16-17H,2,4-5,7-8H2,1H3. The van der Waals surface area contributed by atoms with Gasteiger partial charge in [0.2, 0.25) is 0 Å². The van der Waals surface area contributed by atoms with Crippen molar-refractivity contribution in [1.29, 1.82) is 0 Å². The summed E-state index contributed by atoms with van der Waals surface area (Å²) in [5.74, 6) is -0.493. The molecule has 1 aromatic carbocycles. The third kappa shape index (κ3) is 5.21. The van der Waals surface area contributed by atoms with Gasteiger partial charge in [-0.3, -0.25) is 4.72 Å². The highest BCUT2D eigenvalue weighted by Gasteiger charge is 2.21. The summed E-state index contributed by atoms with van der Waals surface area (Å²) < 4.78 is 41.6. The quantitative estimate of drug-likeness (QED) is 0.681. The molecule has 0 atom stereocenters. The summed E-state index contributed by atoms with van der Waals surface area (Å²) in [6.07, 6.45) is 3.16. The van der Waals surface area contributed by atoms with Crippen LogP contribution in [0.1, 0.15) is 19.3 Å². The molecule has 2 rings (SSSR count). The first-order valence-corrected chi connectivity index (χ1v) is 9.04. The van der Waals surface area contributed by atoms with Crippen molar-refractivity contribution < 1.29 is 12.8 Å². The summed E-state index contributed by atoms with van der Waals surface area (Å²) in [5, 5.41) is 3.33. The normalized spacial score (nSPS) is 15.4. The molecule has 0 unspecified atom stereocenters. The van der Waals surface area contributed by atoms with Crippen molar-refractivity contribution in [1.82, 2.24) is 9.62 Å². The van der Waals surface area contributed by atoms with E-state index in [2.05, 4.69) is 26.0 Å². The maximum atomic E-state index is 13.2. The smallest absolute Gasteiger partial charge is 0.301 e. The van der Waals surface area contributed by atoms with E-state index < -0.39 is 16.0 Å². The van der Waals surface area contributed by atoms with E-state index >= 15 is 0 Å². The van der Waals surface area contributed by atoms with Gasteiger partial charge in [0.1, 0.15) is 5.82 Å². The Morgan fingerprint density at radius 2 is 2.14 bits per heavy atom. The van der Waals surface area contributed by atoms with E-state index in [1.54, 1.807) is 0 Å². The van der Waals surface area contributed by atoms with Crippen molar-refractivity contribution in [2.45, 2.75) is 25.3 Å². The summed E-state index contributed by atoms with van der Waals surface area (Å²) >= 11 is 3.20. The molecule has 0 saturated heterocycles. The van der Waals surface area contributed by atoms with Gasteiger partial charge >= 0.3 is 10.2 Å². The zero-order valence-corrected chi connectivity index (χ0v) is 14.2.